The lowest BCUT2D eigenvalue weighted by atomic mass is 9.96. The predicted octanol–water partition coefficient (Wildman–Crippen LogP) is 2.85. The van der Waals surface area contributed by atoms with Gasteiger partial charge in [0.2, 0.25) is 5.91 Å². The molecule has 0 radical (unpaired) electrons. The summed E-state index contributed by atoms with van der Waals surface area (Å²) in [4.78, 5) is 51.5. The number of carbonyl (C=O) groups excluding carboxylic acids is 3. The van der Waals surface area contributed by atoms with Gasteiger partial charge < -0.3 is 34.1 Å². The van der Waals surface area contributed by atoms with Crippen molar-refractivity contribution in [3.63, 3.8) is 0 Å². The molecule has 0 saturated carbocycles. The van der Waals surface area contributed by atoms with Gasteiger partial charge in [0.1, 0.15) is 18.8 Å². The van der Waals surface area contributed by atoms with Crippen LogP contribution in [0.4, 0.5) is 0 Å². The molecule has 0 spiro atoms. The average Bonchev–Trinajstić information content (AvgIpc) is 3.10. The molecule has 1 fully saturated rings. The molecule has 6 atom stereocenters. The SMILES string of the molecule is CC(=O)N[C@H]1[C@@H](OCc2ccccc2)O[C@H](COC(=O)c2ccccc2)[C@@H](O[P+](=O)[O-])[C@@H]1OC(=O)c1ccccc1.CC[NH+](CC)CC. The van der Waals surface area contributed by atoms with Gasteiger partial charge in [-0.15, -0.1) is 4.52 Å². The van der Waals surface area contributed by atoms with Crippen LogP contribution in [0.25, 0.3) is 0 Å². The highest BCUT2D eigenvalue weighted by molar-refractivity contribution is 7.30. The van der Waals surface area contributed by atoms with Gasteiger partial charge in [-0.1, -0.05) is 66.7 Å². The Hall–Kier alpha value is -4.03. The third-order valence-electron chi connectivity index (χ3n) is 7.62. The molecule has 258 valence electrons. The number of amides is 1. The van der Waals surface area contributed by atoms with Crippen molar-refractivity contribution in [2.24, 2.45) is 0 Å². The zero-order valence-electron chi connectivity index (χ0n) is 27.6. The number of hydrogen-bond acceptors (Lipinski definition) is 10. The lowest BCUT2D eigenvalue weighted by Crippen LogP contribution is -3.11. The topological polar surface area (TPSA) is 154 Å². The molecule has 1 saturated heterocycles. The number of rotatable bonds is 14. The molecule has 0 aromatic heterocycles. The number of benzene rings is 3. The fourth-order valence-electron chi connectivity index (χ4n) is 5.02. The summed E-state index contributed by atoms with van der Waals surface area (Å²) < 4.78 is 40.2. The number of ether oxygens (including phenoxy) is 4. The Morgan fingerprint density at radius 3 is 1.81 bits per heavy atom. The molecule has 1 aliphatic rings. The largest absolute Gasteiger partial charge is 0.566 e. The zero-order chi connectivity index (χ0) is 34.9. The van der Waals surface area contributed by atoms with E-state index in [1.165, 1.54) is 38.7 Å². The number of quaternary nitrogens is 1. The normalized spacial score (nSPS) is 20.5. The molecule has 1 amide bonds. The second kappa shape index (κ2) is 20.4. The van der Waals surface area contributed by atoms with Crippen LogP contribution in [0.3, 0.4) is 0 Å². The summed E-state index contributed by atoms with van der Waals surface area (Å²) in [5.74, 6) is -2.01. The fourth-order valence-corrected chi connectivity index (χ4v) is 5.47. The van der Waals surface area contributed by atoms with Gasteiger partial charge in [-0.25, -0.2) is 9.59 Å². The Morgan fingerprint density at radius 2 is 1.33 bits per heavy atom. The van der Waals surface area contributed by atoms with Crippen LogP contribution in [-0.4, -0.2) is 74.7 Å². The van der Waals surface area contributed by atoms with E-state index in [-0.39, 0.29) is 17.7 Å². The lowest BCUT2D eigenvalue weighted by molar-refractivity contribution is -0.894. The molecule has 0 aliphatic carbocycles. The van der Waals surface area contributed by atoms with E-state index in [2.05, 4.69) is 26.1 Å². The van der Waals surface area contributed by atoms with Crippen LogP contribution in [0, 0.1) is 0 Å². The lowest BCUT2D eigenvalue weighted by Gasteiger charge is -2.43. The molecule has 1 unspecified atom stereocenters. The van der Waals surface area contributed by atoms with Crippen LogP contribution in [0.1, 0.15) is 54.0 Å². The highest BCUT2D eigenvalue weighted by Gasteiger charge is 2.53. The fraction of sp³-hybridized carbons (Fsp3) is 0.400. The van der Waals surface area contributed by atoms with Crippen LogP contribution in [0.5, 0.6) is 0 Å². The Balaban J connectivity index is 0.000000804. The van der Waals surface area contributed by atoms with Crippen molar-refractivity contribution >= 4 is 26.1 Å². The van der Waals surface area contributed by atoms with Crippen LogP contribution < -0.4 is 15.1 Å². The summed E-state index contributed by atoms with van der Waals surface area (Å²) in [6.45, 7) is 11.3. The molecule has 0 bridgehead atoms. The van der Waals surface area contributed by atoms with Gasteiger partial charge in [0.15, 0.2) is 18.5 Å². The summed E-state index contributed by atoms with van der Waals surface area (Å²) in [5, 5.41) is 2.64. The second-order valence-corrected chi connectivity index (χ2v) is 11.5. The summed E-state index contributed by atoms with van der Waals surface area (Å²) in [6, 6.07) is 24.1. The molecule has 1 aliphatic heterocycles. The maximum absolute atomic E-state index is 13.1. The molecular formula is C35H44N2O10P+. The molecule has 4 rings (SSSR count). The Kier molecular flexibility index (Phi) is 16.3. The van der Waals surface area contributed by atoms with Gasteiger partial charge in [0.05, 0.1) is 37.4 Å². The molecule has 13 heteroatoms. The van der Waals surface area contributed by atoms with E-state index >= 15 is 0 Å². The van der Waals surface area contributed by atoms with E-state index in [0.717, 1.165) is 5.56 Å². The van der Waals surface area contributed by atoms with Gasteiger partial charge >= 0.3 is 20.2 Å². The van der Waals surface area contributed by atoms with E-state index in [9.17, 15) is 23.8 Å². The third-order valence-corrected chi connectivity index (χ3v) is 8.04. The maximum atomic E-state index is 13.1. The van der Waals surface area contributed by atoms with Crippen molar-refractivity contribution in [3.05, 3.63) is 108 Å². The molecule has 12 nitrogen and oxygen atoms in total. The van der Waals surface area contributed by atoms with Gasteiger partial charge in [0, 0.05) is 6.92 Å². The van der Waals surface area contributed by atoms with E-state index in [0.29, 0.717) is 0 Å². The van der Waals surface area contributed by atoms with Gasteiger partial charge in [-0.3, -0.25) is 4.79 Å². The molecule has 2 N–H and O–H groups in total. The van der Waals surface area contributed by atoms with Crippen molar-refractivity contribution in [2.45, 2.75) is 64.9 Å². The van der Waals surface area contributed by atoms with E-state index < -0.39 is 63.4 Å². The maximum Gasteiger partial charge on any atom is 0.488 e. The minimum Gasteiger partial charge on any atom is -0.566 e. The Bertz CT molecular complexity index is 1420. The molecule has 3 aromatic carbocycles. The first kappa shape index (κ1) is 38.4. The van der Waals surface area contributed by atoms with Crippen molar-refractivity contribution in [1.82, 2.24) is 5.32 Å². The highest BCUT2D eigenvalue weighted by Crippen LogP contribution is 2.32. The van der Waals surface area contributed by atoms with Crippen LogP contribution in [-0.2, 0) is 39.4 Å². The number of hydrogen-bond donors (Lipinski definition) is 2. The first-order valence-electron chi connectivity index (χ1n) is 15.9. The minimum absolute atomic E-state index is 0.0405. The van der Waals surface area contributed by atoms with Crippen molar-refractivity contribution in [1.29, 1.82) is 0 Å². The summed E-state index contributed by atoms with van der Waals surface area (Å²) >= 11 is 0. The van der Waals surface area contributed by atoms with Crippen LogP contribution in [0.15, 0.2) is 91.0 Å². The van der Waals surface area contributed by atoms with E-state index in [1.807, 2.05) is 30.3 Å². The summed E-state index contributed by atoms with van der Waals surface area (Å²) in [5.41, 5.74) is 1.22. The number of esters is 2. The second-order valence-electron chi connectivity index (χ2n) is 10.9. The minimum atomic E-state index is -3.49. The summed E-state index contributed by atoms with van der Waals surface area (Å²) in [6.07, 6.45) is -5.44. The molecule has 1 heterocycles. The quantitative estimate of drug-likeness (QED) is 0.192. The summed E-state index contributed by atoms with van der Waals surface area (Å²) in [7, 11) is -3.49. The monoisotopic (exact) mass is 683 g/mol. The zero-order valence-corrected chi connectivity index (χ0v) is 28.5. The standard InChI is InChI=1S/C29H28NO10P.C6H15N/c1-19(31)30-24-26(39-28(33)22-15-9-4-10-16-22)25(40-41(34)35)23(18-36-27(32)21-13-7-3-8-14-21)38-29(24)37-17-20-11-5-2-6-12-20;1-4-7(5-2)6-3/h2-16,23-26,29H,17-18H2,1H3,(H,30,31);4-6H2,1-3H3/p+1/t23-,24-,25-,26-,29+;/m1./s1. The van der Waals surface area contributed by atoms with Crippen LogP contribution >= 0.6 is 8.25 Å². The van der Waals surface area contributed by atoms with Crippen molar-refractivity contribution in [3.8, 4) is 0 Å². The molecule has 3 aromatic rings. The first-order valence-corrected chi connectivity index (χ1v) is 17.0. The van der Waals surface area contributed by atoms with Crippen molar-refractivity contribution in [2.75, 3.05) is 26.2 Å². The Morgan fingerprint density at radius 1 is 0.812 bits per heavy atom. The van der Waals surface area contributed by atoms with Gasteiger partial charge in [-0.2, -0.15) is 0 Å². The first-order chi connectivity index (χ1) is 23.2. The number of carbonyl (C=O) groups is 3. The smallest absolute Gasteiger partial charge is 0.488 e. The van der Waals surface area contributed by atoms with E-state index in [1.54, 1.807) is 53.4 Å². The van der Waals surface area contributed by atoms with Crippen molar-refractivity contribution < 1.29 is 52.2 Å². The predicted molar refractivity (Wildman–Crippen MR) is 175 cm³/mol. The highest BCUT2D eigenvalue weighted by atomic mass is 31.1. The average molecular weight is 684 g/mol. The van der Waals surface area contributed by atoms with Gasteiger partial charge in [0.25, 0.3) is 0 Å². The molecular weight excluding hydrogens is 639 g/mol. The van der Waals surface area contributed by atoms with Gasteiger partial charge in [-0.05, 0) is 55.2 Å². The van der Waals surface area contributed by atoms with E-state index in [4.69, 9.17) is 23.5 Å². The Labute approximate surface area is 282 Å². The third kappa shape index (κ3) is 12.2. The molecule has 48 heavy (non-hydrogen) atoms. The number of nitrogens with one attached hydrogen (secondary N) is 2. The van der Waals surface area contributed by atoms with Crippen LogP contribution in [0.2, 0.25) is 0 Å².